The summed E-state index contributed by atoms with van der Waals surface area (Å²) in [5, 5.41) is 2.54. The number of nitrogens with one attached hydrogen (secondary N) is 1. The Balaban J connectivity index is 2.87. The molecule has 0 bridgehead atoms. The summed E-state index contributed by atoms with van der Waals surface area (Å²) in [5.74, 6) is -0.652. The molecule has 3 N–H and O–H groups in total. The lowest BCUT2D eigenvalue weighted by Gasteiger charge is -2.15. The van der Waals surface area contributed by atoms with Gasteiger partial charge in [-0.25, -0.2) is 0 Å². The molecule has 1 unspecified atom stereocenters. The molecule has 0 aliphatic heterocycles. The van der Waals surface area contributed by atoms with Gasteiger partial charge in [-0.1, -0.05) is 0 Å². The topological polar surface area (TPSA) is 64.3 Å². The molecule has 112 valence electrons. The van der Waals surface area contributed by atoms with Crippen molar-refractivity contribution in [2.75, 3.05) is 18.9 Å². The monoisotopic (exact) mass is 290 g/mol. The van der Waals surface area contributed by atoms with Gasteiger partial charge in [0.2, 0.25) is 0 Å². The van der Waals surface area contributed by atoms with Crippen LogP contribution in [0.4, 0.5) is 18.9 Å². The predicted molar refractivity (Wildman–Crippen MR) is 69.3 cm³/mol. The van der Waals surface area contributed by atoms with Gasteiger partial charge in [-0.3, -0.25) is 4.79 Å². The molecule has 0 aromatic heterocycles. The fourth-order valence-corrected chi connectivity index (χ4v) is 1.57. The molecule has 0 heterocycles. The minimum absolute atomic E-state index is 0.000824. The summed E-state index contributed by atoms with van der Waals surface area (Å²) < 4.78 is 42.9. The molecule has 1 aromatic carbocycles. The van der Waals surface area contributed by atoms with E-state index in [2.05, 4.69) is 5.32 Å². The van der Waals surface area contributed by atoms with Crippen LogP contribution in [0.5, 0.6) is 0 Å². The molecule has 0 radical (unpaired) electrons. The molecule has 1 aromatic rings. The highest BCUT2D eigenvalue weighted by atomic mass is 19.4. The molecule has 1 atom stereocenters. The minimum Gasteiger partial charge on any atom is -0.398 e. The molecule has 0 aliphatic rings. The van der Waals surface area contributed by atoms with Gasteiger partial charge in [0.25, 0.3) is 5.91 Å². The van der Waals surface area contributed by atoms with Gasteiger partial charge < -0.3 is 15.8 Å². The molecule has 1 amide bonds. The fraction of sp³-hybridized carbons (Fsp3) is 0.462. The SMILES string of the molecule is CCOCC(C)NC(=O)c1cc(C(F)(F)F)ccc1N. The van der Waals surface area contributed by atoms with E-state index >= 15 is 0 Å². The summed E-state index contributed by atoms with van der Waals surface area (Å²) >= 11 is 0. The third kappa shape index (κ3) is 4.41. The Labute approximate surface area is 115 Å². The van der Waals surface area contributed by atoms with E-state index in [9.17, 15) is 18.0 Å². The molecule has 20 heavy (non-hydrogen) atoms. The van der Waals surface area contributed by atoms with Crippen LogP contribution >= 0.6 is 0 Å². The van der Waals surface area contributed by atoms with Crippen LogP contribution in [0.3, 0.4) is 0 Å². The number of anilines is 1. The van der Waals surface area contributed by atoms with Gasteiger partial charge in [0.1, 0.15) is 0 Å². The first-order valence-corrected chi connectivity index (χ1v) is 6.11. The van der Waals surface area contributed by atoms with Crippen LogP contribution in [0.2, 0.25) is 0 Å². The zero-order valence-electron chi connectivity index (χ0n) is 11.3. The fourth-order valence-electron chi connectivity index (χ4n) is 1.57. The van der Waals surface area contributed by atoms with E-state index in [-0.39, 0.29) is 23.9 Å². The molecule has 1 rings (SSSR count). The van der Waals surface area contributed by atoms with Crippen molar-refractivity contribution >= 4 is 11.6 Å². The lowest BCUT2D eigenvalue weighted by molar-refractivity contribution is -0.137. The molecule has 0 fully saturated rings. The number of carbonyl (C=O) groups is 1. The lowest BCUT2D eigenvalue weighted by atomic mass is 10.1. The number of carbonyl (C=O) groups excluding carboxylic acids is 1. The number of nitrogen functional groups attached to an aromatic ring is 1. The first-order valence-electron chi connectivity index (χ1n) is 6.11. The van der Waals surface area contributed by atoms with Gasteiger partial charge in [-0.2, -0.15) is 13.2 Å². The number of hydrogen-bond donors (Lipinski definition) is 2. The number of alkyl halides is 3. The number of ether oxygens (including phenoxy) is 1. The van der Waals surface area contributed by atoms with Crippen molar-refractivity contribution in [1.29, 1.82) is 0 Å². The third-order valence-corrected chi connectivity index (χ3v) is 2.57. The van der Waals surface area contributed by atoms with Crippen molar-refractivity contribution in [2.45, 2.75) is 26.1 Å². The van der Waals surface area contributed by atoms with E-state index in [1.54, 1.807) is 13.8 Å². The van der Waals surface area contributed by atoms with E-state index in [1.807, 2.05) is 0 Å². The normalized spacial score (nSPS) is 13.1. The minimum atomic E-state index is -4.51. The maximum Gasteiger partial charge on any atom is 0.416 e. The Bertz CT molecular complexity index is 475. The molecule has 0 saturated carbocycles. The number of amides is 1. The third-order valence-electron chi connectivity index (χ3n) is 2.57. The van der Waals surface area contributed by atoms with Crippen LogP contribution in [0, 0.1) is 0 Å². The van der Waals surface area contributed by atoms with Gasteiger partial charge in [-0.15, -0.1) is 0 Å². The average molecular weight is 290 g/mol. The summed E-state index contributed by atoms with van der Waals surface area (Å²) in [6.07, 6.45) is -4.51. The highest BCUT2D eigenvalue weighted by Crippen LogP contribution is 2.31. The highest BCUT2D eigenvalue weighted by Gasteiger charge is 2.31. The first kappa shape index (κ1) is 16.3. The van der Waals surface area contributed by atoms with Crippen molar-refractivity contribution < 1.29 is 22.7 Å². The maximum absolute atomic E-state index is 12.6. The van der Waals surface area contributed by atoms with Crippen LogP contribution < -0.4 is 11.1 Å². The molecule has 0 aliphatic carbocycles. The number of rotatable bonds is 5. The standard InChI is InChI=1S/C13H17F3N2O2/c1-3-20-7-8(2)18-12(19)10-6-9(13(14,15)16)4-5-11(10)17/h4-6,8H,3,7,17H2,1-2H3,(H,18,19). The second kappa shape index (κ2) is 6.60. The van der Waals surface area contributed by atoms with E-state index < -0.39 is 17.6 Å². The lowest BCUT2D eigenvalue weighted by Crippen LogP contribution is -2.36. The van der Waals surface area contributed by atoms with Gasteiger partial charge >= 0.3 is 6.18 Å². The zero-order chi connectivity index (χ0) is 15.3. The highest BCUT2D eigenvalue weighted by molar-refractivity contribution is 5.99. The van der Waals surface area contributed by atoms with E-state index in [0.717, 1.165) is 18.2 Å². The van der Waals surface area contributed by atoms with Crippen molar-refractivity contribution in [3.8, 4) is 0 Å². The molecule has 0 saturated heterocycles. The second-order valence-corrected chi connectivity index (χ2v) is 4.33. The Kier molecular flexibility index (Phi) is 5.38. The summed E-state index contributed by atoms with van der Waals surface area (Å²) in [6, 6.07) is 2.34. The number of nitrogens with two attached hydrogens (primary N) is 1. The number of hydrogen-bond acceptors (Lipinski definition) is 3. The molecule has 4 nitrogen and oxygen atoms in total. The maximum atomic E-state index is 12.6. The number of halogens is 3. The van der Waals surface area contributed by atoms with Crippen molar-refractivity contribution in [3.63, 3.8) is 0 Å². The summed E-state index contributed by atoms with van der Waals surface area (Å²) in [6.45, 7) is 4.27. The van der Waals surface area contributed by atoms with Crippen LogP contribution in [-0.4, -0.2) is 25.2 Å². The Hall–Kier alpha value is -1.76. The van der Waals surface area contributed by atoms with Gasteiger partial charge in [0, 0.05) is 18.3 Å². The number of benzene rings is 1. The molecular weight excluding hydrogens is 273 g/mol. The second-order valence-electron chi connectivity index (χ2n) is 4.33. The predicted octanol–water partition coefficient (Wildman–Crippen LogP) is 2.44. The van der Waals surface area contributed by atoms with Crippen molar-refractivity contribution in [2.24, 2.45) is 0 Å². The van der Waals surface area contributed by atoms with Gasteiger partial charge in [0.15, 0.2) is 0 Å². The largest absolute Gasteiger partial charge is 0.416 e. The van der Waals surface area contributed by atoms with E-state index in [1.165, 1.54) is 0 Å². The Morgan fingerprint density at radius 3 is 2.65 bits per heavy atom. The Morgan fingerprint density at radius 2 is 2.10 bits per heavy atom. The summed E-state index contributed by atoms with van der Waals surface area (Å²) in [7, 11) is 0. The smallest absolute Gasteiger partial charge is 0.398 e. The zero-order valence-corrected chi connectivity index (χ0v) is 11.3. The molecular formula is C13H17F3N2O2. The van der Waals surface area contributed by atoms with Crippen LogP contribution in [0.25, 0.3) is 0 Å². The molecule has 0 spiro atoms. The average Bonchev–Trinajstić information content (AvgIpc) is 2.35. The molecule has 7 heteroatoms. The van der Waals surface area contributed by atoms with Crippen molar-refractivity contribution in [3.05, 3.63) is 29.3 Å². The first-order chi connectivity index (χ1) is 9.25. The Morgan fingerprint density at radius 1 is 1.45 bits per heavy atom. The van der Waals surface area contributed by atoms with Gasteiger partial charge in [0.05, 0.1) is 17.7 Å². The van der Waals surface area contributed by atoms with Crippen LogP contribution in [0.15, 0.2) is 18.2 Å². The summed E-state index contributed by atoms with van der Waals surface area (Å²) in [5.41, 5.74) is 4.45. The van der Waals surface area contributed by atoms with Crippen molar-refractivity contribution in [1.82, 2.24) is 5.32 Å². The van der Waals surface area contributed by atoms with E-state index in [4.69, 9.17) is 10.5 Å². The van der Waals surface area contributed by atoms with E-state index in [0.29, 0.717) is 6.61 Å². The van der Waals surface area contributed by atoms with Gasteiger partial charge in [-0.05, 0) is 32.0 Å². The van der Waals surface area contributed by atoms with Crippen LogP contribution in [-0.2, 0) is 10.9 Å². The summed E-state index contributed by atoms with van der Waals surface area (Å²) in [4.78, 5) is 11.9. The van der Waals surface area contributed by atoms with Crippen LogP contribution in [0.1, 0.15) is 29.8 Å². The quantitative estimate of drug-likeness (QED) is 0.819.